The van der Waals surface area contributed by atoms with Gasteiger partial charge >= 0.3 is 0 Å². The van der Waals surface area contributed by atoms with E-state index in [0.717, 1.165) is 12.1 Å². The van der Waals surface area contributed by atoms with Crippen LogP contribution in [0.25, 0.3) is 0 Å². The monoisotopic (exact) mass is 211 g/mol. The van der Waals surface area contributed by atoms with Crippen molar-refractivity contribution >= 4 is 5.91 Å². The minimum Gasteiger partial charge on any atom is -0.369 e. The van der Waals surface area contributed by atoms with E-state index in [-0.39, 0.29) is 17.9 Å². The van der Waals surface area contributed by atoms with Crippen molar-refractivity contribution in [3.8, 4) is 0 Å². The van der Waals surface area contributed by atoms with Crippen molar-refractivity contribution in [3.63, 3.8) is 0 Å². The predicted octanol–water partition coefficient (Wildman–Crippen LogP) is -0.191. The van der Waals surface area contributed by atoms with Gasteiger partial charge in [0, 0.05) is 0 Å². The predicted molar refractivity (Wildman–Crippen MR) is 55.6 cm³/mol. The van der Waals surface area contributed by atoms with Crippen molar-refractivity contribution in [2.24, 2.45) is 17.4 Å². The normalized spacial score (nSPS) is 14.9. The van der Waals surface area contributed by atoms with Crippen LogP contribution in [0.1, 0.15) is 32.0 Å². The molecule has 0 saturated carbocycles. The molecule has 1 heterocycles. The number of hydrogen-bond donors (Lipinski definition) is 2. The van der Waals surface area contributed by atoms with Crippen LogP contribution in [0.4, 0.5) is 0 Å². The Bertz CT molecular complexity index is 335. The molecule has 0 aromatic carbocycles. The highest BCUT2D eigenvalue weighted by Gasteiger charge is 2.12. The van der Waals surface area contributed by atoms with E-state index >= 15 is 0 Å². The Balaban J connectivity index is 2.64. The van der Waals surface area contributed by atoms with Crippen molar-refractivity contribution < 1.29 is 4.79 Å². The topological polar surface area (TPSA) is 99.8 Å². The zero-order chi connectivity index (χ0) is 11.4. The Labute approximate surface area is 88.6 Å². The lowest BCUT2D eigenvalue weighted by atomic mass is 10.1. The van der Waals surface area contributed by atoms with Crippen molar-refractivity contribution in [2.75, 3.05) is 0 Å². The first-order valence-electron chi connectivity index (χ1n) is 4.99. The van der Waals surface area contributed by atoms with E-state index in [2.05, 4.69) is 10.3 Å². The van der Waals surface area contributed by atoms with E-state index in [1.165, 1.54) is 0 Å². The largest absolute Gasteiger partial charge is 0.369 e. The van der Waals surface area contributed by atoms with Gasteiger partial charge in [0.25, 0.3) is 0 Å². The van der Waals surface area contributed by atoms with Gasteiger partial charge in [-0.3, -0.25) is 9.48 Å². The summed E-state index contributed by atoms with van der Waals surface area (Å²) in [4.78, 5) is 10.8. The molecular formula is C9H17N5O. The third-order valence-corrected chi connectivity index (χ3v) is 2.32. The minimum atomic E-state index is -0.341. The van der Waals surface area contributed by atoms with E-state index in [9.17, 15) is 4.79 Å². The Morgan fingerprint density at radius 1 is 1.67 bits per heavy atom. The van der Waals surface area contributed by atoms with E-state index in [4.69, 9.17) is 11.5 Å². The van der Waals surface area contributed by atoms with Crippen molar-refractivity contribution in [1.29, 1.82) is 0 Å². The number of primary amides is 1. The number of nitrogens with zero attached hydrogens (tertiary/aromatic N) is 3. The highest BCUT2D eigenvalue weighted by Crippen LogP contribution is 2.09. The summed E-state index contributed by atoms with van der Waals surface area (Å²) >= 11 is 0. The second-order valence-corrected chi connectivity index (χ2v) is 3.68. The van der Waals surface area contributed by atoms with Crippen LogP contribution in [0.2, 0.25) is 0 Å². The summed E-state index contributed by atoms with van der Waals surface area (Å²) in [5, 5.41) is 7.82. The van der Waals surface area contributed by atoms with E-state index in [0.29, 0.717) is 6.54 Å². The molecule has 0 aliphatic heterocycles. The Hall–Kier alpha value is -1.43. The third-order valence-electron chi connectivity index (χ3n) is 2.32. The van der Waals surface area contributed by atoms with Gasteiger partial charge in [-0.2, -0.15) is 0 Å². The molecule has 0 bridgehead atoms. The van der Waals surface area contributed by atoms with Gasteiger partial charge in [0.15, 0.2) is 0 Å². The van der Waals surface area contributed by atoms with Gasteiger partial charge in [-0.15, -0.1) is 5.10 Å². The van der Waals surface area contributed by atoms with Crippen LogP contribution in [0.15, 0.2) is 6.20 Å². The SMILES string of the molecule is CCC(N)c1cn(CC(C)C(N)=O)nn1. The summed E-state index contributed by atoms with van der Waals surface area (Å²) in [7, 11) is 0. The number of carbonyl (C=O) groups excluding carboxylic acids is 1. The van der Waals surface area contributed by atoms with Gasteiger partial charge in [0.05, 0.1) is 30.4 Å². The smallest absolute Gasteiger partial charge is 0.222 e. The highest BCUT2D eigenvalue weighted by atomic mass is 16.1. The number of nitrogens with two attached hydrogens (primary N) is 2. The maximum absolute atomic E-state index is 10.8. The van der Waals surface area contributed by atoms with E-state index in [1.807, 2.05) is 6.92 Å². The van der Waals surface area contributed by atoms with Crippen molar-refractivity contribution in [2.45, 2.75) is 32.9 Å². The molecular weight excluding hydrogens is 194 g/mol. The zero-order valence-electron chi connectivity index (χ0n) is 9.05. The summed E-state index contributed by atoms with van der Waals surface area (Å²) in [6.45, 7) is 4.18. The van der Waals surface area contributed by atoms with E-state index in [1.54, 1.807) is 17.8 Å². The molecule has 6 nitrogen and oxygen atoms in total. The first kappa shape index (κ1) is 11.6. The van der Waals surface area contributed by atoms with Gasteiger partial charge in [0.2, 0.25) is 5.91 Å². The molecule has 0 spiro atoms. The third kappa shape index (κ3) is 3.02. The quantitative estimate of drug-likeness (QED) is 0.705. The van der Waals surface area contributed by atoms with Crippen LogP contribution >= 0.6 is 0 Å². The van der Waals surface area contributed by atoms with Gasteiger partial charge < -0.3 is 11.5 Å². The number of carbonyl (C=O) groups is 1. The van der Waals surface area contributed by atoms with E-state index < -0.39 is 0 Å². The van der Waals surface area contributed by atoms with Crippen LogP contribution in [-0.4, -0.2) is 20.9 Å². The molecule has 0 aliphatic rings. The molecule has 2 unspecified atom stereocenters. The molecule has 84 valence electrons. The highest BCUT2D eigenvalue weighted by molar-refractivity contribution is 5.76. The fraction of sp³-hybridized carbons (Fsp3) is 0.667. The Morgan fingerprint density at radius 3 is 2.87 bits per heavy atom. The minimum absolute atomic E-state index is 0.0948. The number of aromatic nitrogens is 3. The molecule has 15 heavy (non-hydrogen) atoms. The summed E-state index contributed by atoms with van der Waals surface area (Å²) < 4.78 is 1.60. The van der Waals surface area contributed by atoms with Gasteiger partial charge in [0.1, 0.15) is 0 Å². The number of amides is 1. The average molecular weight is 211 g/mol. The Morgan fingerprint density at radius 2 is 2.33 bits per heavy atom. The van der Waals surface area contributed by atoms with Gasteiger partial charge in [-0.25, -0.2) is 0 Å². The van der Waals surface area contributed by atoms with Crippen LogP contribution in [0.5, 0.6) is 0 Å². The lowest BCUT2D eigenvalue weighted by molar-refractivity contribution is -0.121. The molecule has 0 fully saturated rings. The second-order valence-electron chi connectivity index (χ2n) is 3.68. The average Bonchev–Trinajstić information content (AvgIpc) is 2.65. The summed E-state index contributed by atoms with van der Waals surface area (Å²) in [5.41, 5.74) is 11.7. The fourth-order valence-electron chi connectivity index (χ4n) is 1.15. The molecule has 1 amide bonds. The molecule has 1 aromatic rings. The fourth-order valence-corrected chi connectivity index (χ4v) is 1.15. The van der Waals surface area contributed by atoms with Crippen LogP contribution in [0.3, 0.4) is 0 Å². The zero-order valence-corrected chi connectivity index (χ0v) is 9.05. The summed E-state index contributed by atoms with van der Waals surface area (Å²) in [6, 6.07) is -0.0948. The molecule has 2 atom stereocenters. The molecule has 0 radical (unpaired) electrons. The van der Waals surface area contributed by atoms with Gasteiger partial charge in [-0.05, 0) is 6.42 Å². The van der Waals surface area contributed by atoms with Crippen molar-refractivity contribution in [3.05, 3.63) is 11.9 Å². The lowest BCUT2D eigenvalue weighted by Crippen LogP contribution is -2.24. The summed E-state index contributed by atoms with van der Waals surface area (Å²) in [5.74, 6) is -0.593. The number of rotatable bonds is 5. The Kier molecular flexibility index (Phi) is 3.79. The second kappa shape index (κ2) is 4.88. The molecule has 4 N–H and O–H groups in total. The maximum Gasteiger partial charge on any atom is 0.222 e. The lowest BCUT2D eigenvalue weighted by Gasteiger charge is -2.05. The number of hydrogen-bond acceptors (Lipinski definition) is 4. The van der Waals surface area contributed by atoms with Crippen molar-refractivity contribution in [1.82, 2.24) is 15.0 Å². The molecule has 0 saturated heterocycles. The van der Waals surface area contributed by atoms with Crippen LogP contribution in [0, 0.1) is 5.92 Å². The molecule has 1 rings (SSSR count). The first-order chi connectivity index (χ1) is 7.04. The molecule has 1 aromatic heterocycles. The molecule has 6 heteroatoms. The maximum atomic E-state index is 10.8. The van der Waals surface area contributed by atoms with Crippen LogP contribution in [-0.2, 0) is 11.3 Å². The first-order valence-corrected chi connectivity index (χ1v) is 4.99. The standard InChI is InChI=1S/C9H17N5O/c1-3-7(10)8-5-14(13-12-8)4-6(2)9(11)15/h5-7H,3-4,10H2,1-2H3,(H2,11,15). The van der Waals surface area contributed by atoms with Gasteiger partial charge in [-0.1, -0.05) is 19.1 Å². The summed E-state index contributed by atoms with van der Waals surface area (Å²) in [6.07, 6.45) is 2.57. The molecule has 0 aliphatic carbocycles. The van der Waals surface area contributed by atoms with Crippen LogP contribution < -0.4 is 11.5 Å².